The number of primary sulfonamides is 1. The van der Waals surface area contributed by atoms with Gasteiger partial charge in [-0.05, 0) is 42.3 Å². The fourth-order valence-electron chi connectivity index (χ4n) is 3.45. The van der Waals surface area contributed by atoms with E-state index in [1.807, 2.05) is 42.5 Å². The minimum absolute atomic E-state index is 0.0285. The van der Waals surface area contributed by atoms with E-state index < -0.39 is 10.0 Å². The van der Waals surface area contributed by atoms with Gasteiger partial charge in [-0.1, -0.05) is 55.8 Å². The van der Waals surface area contributed by atoms with Crippen LogP contribution in [0.5, 0.6) is 5.75 Å². The molecule has 0 heterocycles. The van der Waals surface area contributed by atoms with Gasteiger partial charge in [0.05, 0.1) is 17.0 Å². The molecular formula is C24H28N4O3S. The molecule has 3 aromatic rings. The Kier molecular flexibility index (Phi) is 7.50. The molecule has 168 valence electrons. The van der Waals surface area contributed by atoms with Crippen molar-refractivity contribution in [3.8, 4) is 16.9 Å². The van der Waals surface area contributed by atoms with Crippen LogP contribution in [0.15, 0.2) is 77.7 Å². The summed E-state index contributed by atoms with van der Waals surface area (Å²) >= 11 is 0. The normalized spacial score (nSPS) is 12.2. The number of nitrogens with one attached hydrogen (secondary N) is 2. The molecule has 0 bridgehead atoms. The second kappa shape index (κ2) is 10.3. The van der Waals surface area contributed by atoms with Gasteiger partial charge in [-0.3, -0.25) is 5.41 Å². The molecule has 0 radical (unpaired) electrons. The van der Waals surface area contributed by atoms with Gasteiger partial charge in [0, 0.05) is 11.3 Å². The van der Waals surface area contributed by atoms with Gasteiger partial charge in [0.1, 0.15) is 17.7 Å². The molecular weight excluding hydrogens is 424 g/mol. The lowest BCUT2D eigenvalue weighted by Crippen LogP contribution is -2.27. The summed E-state index contributed by atoms with van der Waals surface area (Å²) in [6, 6.07) is 21.4. The molecule has 3 rings (SSSR count). The van der Waals surface area contributed by atoms with Gasteiger partial charge in [-0.2, -0.15) is 0 Å². The number of hydrogen-bond donors (Lipinski definition) is 4. The third-order valence-corrected chi connectivity index (χ3v) is 5.97. The number of amidine groups is 1. The zero-order valence-electron chi connectivity index (χ0n) is 17.9. The van der Waals surface area contributed by atoms with Crippen LogP contribution in [0.4, 0.5) is 5.69 Å². The number of anilines is 1. The van der Waals surface area contributed by atoms with Crippen molar-refractivity contribution in [1.29, 1.82) is 5.41 Å². The Morgan fingerprint density at radius 3 is 2.34 bits per heavy atom. The maximum absolute atomic E-state index is 11.9. The molecule has 0 aliphatic carbocycles. The fraction of sp³-hybridized carbons (Fsp3) is 0.208. The Labute approximate surface area is 189 Å². The summed E-state index contributed by atoms with van der Waals surface area (Å²) in [5, 5.41) is 16.5. The van der Waals surface area contributed by atoms with Crippen molar-refractivity contribution in [3.05, 3.63) is 78.4 Å². The van der Waals surface area contributed by atoms with Gasteiger partial charge in [-0.15, -0.1) is 0 Å². The smallest absolute Gasteiger partial charge is 0.238 e. The largest absolute Gasteiger partial charge is 0.488 e. The zero-order chi connectivity index (χ0) is 23.1. The number of nitrogens with two attached hydrogens (primary N) is 2. The van der Waals surface area contributed by atoms with Crippen molar-refractivity contribution in [1.82, 2.24) is 0 Å². The predicted octanol–water partition coefficient (Wildman–Crippen LogP) is 3.94. The van der Waals surface area contributed by atoms with Crippen LogP contribution in [0.25, 0.3) is 11.1 Å². The molecule has 0 spiro atoms. The van der Waals surface area contributed by atoms with Gasteiger partial charge < -0.3 is 15.8 Å². The quantitative estimate of drug-likeness (QED) is 0.273. The van der Waals surface area contributed by atoms with Crippen LogP contribution in [0.1, 0.15) is 25.3 Å². The maximum Gasteiger partial charge on any atom is 0.238 e. The Morgan fingerprint density at radius 1 is 1.03 bits per heavy atom. The van der Waals surface area contributed by atoms with Crippen LogP contribution in [-0.2, 0) is 10.0 Å². The summed E-state index contributed by atoms with van der Waals surface area (Å²) in [4.78, 5) is 0.0984. The molecule has 0 saturated carbocycles. The lowest BCUT2D eigenvalue weighted by atomic mass is 10.1. The molecule has 0 fully saturated rings. The summed E-state index contributed by atoms with van der Waals surface area (Å²) < 4.78 is 29.9. The number of hydrogen-bond acceptors (Lipinski definition) is 5. The summed E-state index contributed by atoms with van der Waals surface area (Å²) in [6.45, 7) is 2.65. The van der Waals surface area contributed by atoms with E-state index in [2.05, 4.69) is 12.2 Å². The molecule has 3 aromatic carbocycles. The SMILES string of the molecule is CCCC(CNc1ccc(-c2ccccc2S(N)(=O)=O)cc1)Oc1ccccc1C(=N)N. The second-order valence-electron chi connectivity index (χ2n) is 7.44. The van der Waals surface area contributed by atoms with E-state index >= 15 is 0 Å². The first kappa shape index (κ1) is 23.3. The van der Waals surface area contributed by atoms with E-state index in [1.54, 1.807) is 24.3 Å². The third kappa shape index (κ3) is 5.87. The number of rotatable bonds is 10. The molecule has 0 aliphatic heterocycles. The highest BCUT2D eigenvalue weighted by Gasteiger charge is 2.15. The molecule has 0 amide bonds. The first-order valence-corrected chi connectivity index (χ1v) is 11.9. The number of sulfonamides is 1. The van der Waals surface area contributed by atoms with Crippen LogP contribution in [0.2, 0.25) is 0 Å². The van der Waals surface area contributed by atoms with Crippen LogP contribution in [0.3, 0.4) is 0 Å². The number of para-hydroxylation sites is 1. The fourth-order valence-corrected chi connectivity index (χ4v) is 4.21. The summed E-state index contributed by atoms with van der Waals surface area (Å²) in [5.41, 5.74) is 8.45. The molecule has 1 atom stereocenters. The van der Waals surface area contributed by atoms with Crippen molar-refractivity contribution >= 4 is 21.5 Å². The Morgan fingerprint density at radius 2 is 1.69 bits per heavy atom. The minimum atomic E-state index is -3.82. The average Bonchev–Trinajstić information content (AvgIpc) is 2.77. The highest BCUT2D eigenvalue weighted by Crippen LogP contribution is 2.28. The van der Waals surface area contributed by atoms with Crippen LogP contribution in [0, 0.1) is 5.41 Å². The minimum Gasteiger partial charge on any atom is -0.488 e. The van der Waals surface area contributed by atoms with E-state index in [9.17, 15) is 8.42 Å². The summed E-state index contributed by atoms with van der Waals surface area (Å²) in [5.74, 6) is 0.564. The molecule has 32 heavy (non-hydrogen) atoms. The Bertz CT molecular complexity index is 1180. The summed E-state index contributed by atoms with van der Waals surface area (Å²) in [7, 11) is -3.82. The van der Waals surface area contributed by atoms with Crippen molar-refractivity contribution < 1.29 is 13.2 Å². The highest BCUT2D eigenvalue weighted by molar-refractivity contribution is 7.89. The van der Waals surface area contributed by atoms with Crippen molar-refractivity contribution in [2.75, 3.05) is 11.9 Å². The number of benzene rings is 3. The molecule has 0 aliphatic rings. The highest BCUT2D eigenvalue weighted by atomic mass is 32.2. The van der Waals surface area contributed by atoms with Crippen molar-refractivity contribution in [2.24, 2.45) is 10.9 Å². The van der Waals surface area contributed by atoms with E-state index in [4.69, 9.17) is 21.0 Å². The van der Waals surface area contributed by atoms with Crippen LogP contribution >= 0.6 is 0 Å². The number of ether oxygens (including phenoxy) is 1. The Hall–Kier alpha value is -3.36. The third-order valence-electron chi connectivity index (χ3n) is 5.00. The first-order chi connectivity index (χ1) is 15.3. The molecule has 0 saturated heterocycles. The average molecular weight is 453 g/mol. The lowest BCUT2D eigenvalue weighted by molar-refractivity contribution is 0.202. The van der Waals surface area contributed by atoms with Crippen molar-refractivity contribution in [2.45, 2.75) is 30.8 Å². The van der Waals surface area contributed by atoms with Gasteiger partial charge in [-0.25, -0.2) is 13.6 Å². The molecule has 6 N–H and O–H groups in total. The standard InChI is InChI=1S/C24H28N4O3S/c1-2-7-19(31-22-10-5-3-9-21(22)24(25)26)16-28-18-14-12-17(13-15-18)20-8-4-6-11-23(20)32(27,29)30/h3-6,8-15,19,28H,2,7,16H2,1H3,(H3,25,26)(H2,27,29,30). The van der Waals surface area contributed by atoms with Crippen LogP contribution in [-0.4, -0.2) is 26.9 Å². The van der Waals surface area contributed by atoms with Crippen molar-refractivity contribution in [3.63, 3.8) is 0 Å². The van der Waals surface area contributed by atoms with Gasteiger partial charge in [0.2, 0.25) is 10.0 Å². The van der Waals surface area contributed by atoms with E-state index in [1.165, 1.54) is 6.07 Å². The van der Waals surface area contributed by atoms with Gasteiger partial charge >= 0.3 is 0 Å². The topological polar surface area (TPSA) is 131 Å². The van der Waals surface area contributed by atoms with E-state index in [0.717, 1.165) is 24.1 Å². The van der Waals surface area contributed by atoms with Crippen LogP contribution < -0.4 is 20.9 Å². The molecule has 7 nitrogen and oxygen atoms in total. The number of nitrogen functional groups attached to an aromatic ring is 1. The Balaban J connectivity index is 1.72. The molecule has 8 heteroatoms. The lowest BCUT2D eigenvalue weighted by Gasteiger charge is -2.21. The van der Waals surface area contributed by atoms with E-state index in [0.29, 0.717) is 23.4 Å². The monoisotopic (exact) mass is 452 g/mol. The maximum atomic E-state index is 11.9. The summed E-state index contributed by atoms with van der Waals surface area (Å²) in [6.07, 6.45) is 1.67. The van der Waals surface area contributed by atoms with Gasteiger partial charge in [0.15, 0.2) is 0 Å². The molecule has 0 aromatic heterocycles. The predicted molar refractivity (Wildman–Crippen MR) is 129 cm³/mol. The second-order valence-corrected chi connectivity index (χ2v) is 8.97. The first-order valence-electron chi connectivity index (χ1n) is 10.4. The van der Waals surface area contributed by atoms with E-state index in [-0.39, 0.29) is 16.8 Å². The van der Waals surface area contributed by atoms with Gasteiger partial charge in [0.25, 0.3) is 0 Å². The molecule has 1 unspecified atom stereocenters. The zero-order valence-corrected chi connectivity index (χ0v) is 18.7.